The molecule has 0 N–H and O–H groups in total. The van der Waals surface area contributed by atoms with Gasteiger partial charge in [0.1, 0.15) is 5.75 Å². The van der Waals surface area contributed by atoms with Gasteiger partial charge in [-0.1, -0.05) is 30.0 Å². The molecule has 1 aromatic heterocycles. The highest BCUT2D eigenvalue weighted by molar-refractivity contribution is 8.00. The van der Waals surface area contributed by atoms with Crippen molar-refractivity contribution in [2.75, 3.05) is 7.11 Å². The van der Waals surface area contributed by atoms with Gasteiger partial charge >= 0.3 is 0 Å². The van der Waals surface area contributed by atoms with Crippen molar-refractivity contribution in [3.05, 3.63) is 71.8 Å². The quantitative estimate of drug-likeness (QED) is 0.295. The van der Waals surface area contributed by atoms with E-state index in [-0.39, 0.29) is 11.0 Å². The van der Waals surface area contributed by atoms with Crippen LogP contribution in [0.3, 0.4) is 0 Å². The van der Waals surface area contributed by atoms with Crippen LogP contribution in [0.5, 0.6) is 5.75 Å². The largest absolute Gasteiger partial charge is 0.497 e. The first-order valence-electron chi connectivity index (χ1n) is 9.41. The van der Waals surface area contributed by atoms with Gasteiger partial charge in [-0.15, -0.1) is 16.8 Å². The standard InChI is InChI=1S/C23H25N3O2S/c1-6-13-26-22(18-9-11-20(28-5)12-10-18)24-25-23(26)29-17(4)21(27)19-8-7-15(2)16(3)14-19/h6-12,14,17H,1,13H2,2-5H3. The fourth-order valence-electron chi connectivity index (χ4n) is 2.96. The Balaban J connectivity index is 1.86. The average Bonchev–Trinajstić information content (AvgIpc) is 3.12. The van der Waals surface area contributed by atoms with E-state index in [9.17, 15) is 4.79 Å². The lowest BCUT2D eigenvalue weighted by Crippen LogP contribution is -2.15. The zero-order chi connectivity index (χ0) is 21.0. The molecule has 0 aliphatic carbocycles. The number of allylic oxidation sites excluding steroid dienone is 1. The predicted octanol–water partition coefficient (Wildman–Crippen LogP) is 5.12. The number of ether oxygens (including phenoxy) is 1. The number of aryl methyl sites for hydroxylation is 2. The summed E-state index contributed by atoms with van der Waals surface area (Å²) in [5, 5.41) is 9.12. The molecule has 1 atom stereocenters. The zero-order valence-electron chi connectivity index (χ0n) is 17.2. The van der Waals surface area contributed by atoms with Gasteiger partial charge in [-0.3, -0.25) is 9.36 Å². The molecule has 0 saturated heterocycles. The van der Waals surface area contributed by atoms with Crippen LogP contribution in [0.2, 0.25) is 0 Å². The molecular weight excluding hydrogens is 382 g/mol. The second-order valence-corrected chi connectivity index (χ2v) is 8.17. The van der Waals surface area contributed by atoms with E-state index >= 15 is 0 Å². The van der Waals surface area contributed by atoms with Crippen molar-refractivity contribution in [2.24, 2.45) is 0 Å². The molecule has 0 aliphatic heterocycles. The third kappa shape index (κ3) is 4.59. The summed E-state index contributed by atoms with van der Waals surface area (Å²) in [4.78, 5) is 12.9. The minimum atomic E-state index is -0.284. The maximum Gasteiger partial charge on any atom is 0.192 e. The summed E-state index contributed by atoms with van der Waals surface area (Å²) < 4.78 is 7.20. The molecule has 0 amide bonds. The summed E-state index contributed by atoms with van der Waals surface area (Å²) in [5.74, 6) is 1.60. The Hall–Kier alpha value is -2.86. The fraction of sp³-hybridized carbons (Fsp3) is 0.261. The Morgan fingerprint density at radius 2 is 1.90 bits per heavy atom. The van der Waals surface area contributed by atoms with Crippen LogP contribution in [-0.2, 0) is 6.54 Å². The number of carbonyl (C=O) groups is 1. The van der Waals surface area contributed by atoms with Gasteiger partial charge in [-0.05, 0) is 62.2 Å². The molecule has 0 saturated carbocycles. The van der Waals surface area contributed by atoms with Crippen LogP contribution in [0, 0.1) is 13.8 Å². The van der Waals surface area contributed by atoms with Crippen molar-refractivity contribution < 1.29 is 9.53 Å². The molecule has 0 aliphatic rings. The molecular formula is C23H25N3O2S. The maximum absolute atomic E-state index is 12.9. The van der Waals surface area contributed by atoms with Crippen molar-refractivity contribution >= 4 is 17.5 Å². The van der Waals surface area contributed by atoms with E-state index in [0.29, 0.717) is 11.7 Å². The number of Topliss-reactive ketones (excluding diaryl/α,β-unsaturated/α-hetero) is 1. The molecule has 6 heteroatoms. The number of ketones is 1. The van der Waals surface area contributed by atoms with Gasteiger partial charge in [-0.2, -0.15) is 0 Å². The van der Waals surface area contributed by atoms with E-state index < -0.39 is 0 Å². The average molecular weight is 408 g/mol. The Kier molecular flexibility index (Phi) is 6.54. The molecule has 0 bridgehead atoms. The topological polar surface area (TPSA) is 57.0 Å². The molecule has 1 unspecified atom stereocenters. The van der Waals surface area contributed by atoms with Gasteiger partial charge in [0.15, 0.2) is 16.8 Å². The zero-order valence-corrected chi connectivity index (χ0v) is 18.0. The normalized spacial score (nSPS) is 11.9. The van der Waals surface area contributed by atoms with Crippen LogP contribution in [0.1, 0.15) is 28.4 Å². The second kappa shape index (κ2) is 9.09. The van der Waals surface area contributed by atoms with Crippen LogP contribution in [0.4, 0.5) is 0 Å². The van der Waals surface area contributed by atoms with Crippen molar-refractivity contribution in [1.29, 1.82) is 0 Å². The third-order valence-corrected chi connectivity index (χ3v) is 5.90. The van der Waals surface area contributed by atoms with Crippen molar-refractivity contribution in [3.63, 3.8) is 0 Å². The Bertz CT molecular complexity index is 1030. The molecule has 29 heavy (non-hydrogen) atoms. The Morgan fingerprint density at radius 3 is 2.52 bits per heavy atom. The Morgan fingerprint density at radius 1 is 1.17 bits per heavy atom. The number of aromatic nitrogens is 3. The fourth-order valence-corrected chi connectivity index (χ4v) is 3.90. The summed E-state index contributed by atoms with van der Waals surface area (Å²) in [6, 6.07) is 13.5. The highest BCUT2D eigenvalue weighted by atomic mass is 32.2. The maximum atomic E-state index is 12.9. The number of thioether (sulfide) groups is 1. The van der Waals surface area contributed by atoms with Crippen LogP contribution in [0.15, 0.2) is 60.3 Å². The number of hydrogen-bond acceptors (Lipinski definition) is 5. The molecule has 2 aromatic carbocycles. The first-order valence-corrected chi connectivity index (χ1v) is 10.3. The van der Waals surface area contributed by atoms with Crippen molar-refractivity contribution in [2.45, 2.75) is 37.7 Å². The highest BCUT2D eigenvalue weighted by Gasteiger charge is 2.22. The van der Waals surface area contributed by atoms with Gasteiger partial charge in [0.2, 0.25) is 0 Å². The van der Waals surface area contributed by atoms with Gasteiger partial charge in [-0.25, -0.2) is 0 Å². The van der Waals surface area contributed by atoms with E-state index in [1.54, 1.807) is 13.2 Å². The number of methoxy groups -OCH3 is 1. The summed E-state index contributed by atoms with van der Waals surface area (Å²) in [5.41, 5.74) is 3.94. The van der Waals surface area contributed by atoms with Gasteiger partial charge in [0, 0.05) is 17.7 Å². The number of carbonyl (C=O) groups excluding carboxylic acids is 1. The number of hydrogen-bond donors (Lipinski definition) is 0. The minimum Gasteiger partial charge on any atom is -0.497 e. The Labute approximate surface area is 175 Å². The molecule has 3 rings (SSSR count). The summed E-state index contributed by atoms with van der Waals surface area (Å²) >= 11 is 1.41. The lowest BCUT2D eigenvalue weighted by Gasteiger charge is -2.13. The van der Waals surface area contributed by atoms with E-state index in [1.165, 1.54) is 17.3 Å². The molecule has 0 fully saturated rings. The smallest absolute Gasteiger partial charge is 0.192 e. The van der Waals surface area contributed by atoms with E-state index in [4.69, 9.17) is 4.74 Å². The lowest BCUT2D eigenvalue weighted by atomic mass is 10.0. The molecule has 150 valence electrons. The van der Waals surface area contributed by atoms with Crippen LogP contribution in [0.25, 0.3) is 11.4 Å². The van der Waals surface area contributed by atoms with Crippen LogP contribution in [-0.4, -0.2) is 32.9 Å². The van der Waals surface area contributed by atoms with Gasteiger partial charge < -0.3 is 4.74 Å². The molecule has 1 heterocycles. The summed E-state index contributed by atoms with van der Waals surface area (Å²) in [6.07, 6.45) is 1.80. The number of rotatable bonds is 8. The second-order valence-electron chi connectivity index (χ2n) is 6.86. The highest BCUT2D eigenvalue weighted by Crippen LogP contribution is 2.29. The summed E-state index contributed by atoms with van der Waals surface area (Å²) in [6.45, 7) is 10.4. The van der Waals surface area contributed by atoms with Crippen LogP contribution < -0.4 is 4.74 Å². The van der Waals surface area contributed by atoms with E-state index in [1.807, 2.05) is 67.8 Å². The monoisotopic (exact) mass is 407 g/mol. The van der Waals surface area contributed by atoms with E-state index in [0.717, 1.165) is 28.3 Å². The predicted molar refractivity (Wildman–Crippen MR) is 118 cm³/mol. The molecule has 5 nitrogen and oxygen atoms in total. The van der Waals surface area contributed by atoms with Gasteiger partial charge in [0.05, 0.1) is 12.4 Å². The van der Waals surface area contributed by atoms with Gasteiger partial charge in [0.25, 0.3) is 0 Å². The molecule has 0 radical (unpaired) electrons. The molecule has 3 aromatic rings. The third-order valence-electron chi connectivity index (χ3n) is 4.82. The van der Waals surface area contributed by atoms with E-state index in [2.05, 4.69) is 16.8 Å². The number of nitrogens with zero attached hydrogens (tertiary/aromatic N) is 3. The van der Waals surface area contributed by atoms with Crippen molar-refractivity contribution in [1.82, 2.24) is 14.8 Å². The number of benzene rings is 2. The first kappa shape index (κ1) is 20.9. The lowest BCUT2D eigenvalue weighted by molar-refractivity contribution is 0.0993. The van der Waals surface area contributed by atoms with Crippen molar-refractivity contribution in [3.8, 4) is 17.1 Å². The van der Waals surface area contributed by atoms with Crippen LogP contribution >= 0.6 is 11.8 Å². The minimum absolute atomic E-state index is 0.0808. The summed E-state index contributed by atoms with van der Waals surface area (Å²) in [7, 11) is 1.64. The molecule has 0 spiro atoms. The first-order chi connectivity index (χ1) is 13.9. The SMILES string of the molecule is C=CCn1c(SC(C)C(=O)c2ccc(C)c(C)c2)nnc1-c1ccc(OC)cc1.